The molecule has 1 fully saturated rings. The van der Waals surface area contributed by atoms with Crippen molar-refractivity contribution in [2.75, 3.05) is 0 Å². The van der Waals surface area contributed by atoms with Gasteiger partial charge in [-0.2, -0.15) is 4.98 Å². The van der Waals surface area contributed by atoms with Gasteiger partial charge in [-0.3, -0.25) is 18.9 Å². The molecule has 8 heteroatoms. The highest BCUT2D eigenvalue weighted by Crippen LogP contribution is 2.35. The molecule has 0 radical (unpaired) electrons. The van der Waals surface area contributed by atoms with Gasteiger partial charge in [0.2, 0.25) is 5.88 Å². The number of aryl methyl sites for hydroxylation is 1. The van der Waals surface area contributed by atoms with Crippen LogP contribution in [0.3, 0.4) is 0 Å². The first kappa shape index (κ1) is 20.3. The van der Waals surface area contributed by atoms with Crippen LogP contribution in [-0.2, 0) is 4.79 Å². The number of ether oxygens (including phenoxy) is 1. The fourth-order valence-electron chi connectivity index (χ4n) is 3.15. The molecule has 152 valence electrons. The number of hydrogen-bond donors (Lipinski definition) is 0. The number of carbonyl (C=O) groups is 1. The van der Waals surface area contributed by atoms with Crippen LogP contribution in [0.25, 0.3) is 11.7 Å². The molecular formula is C22H19N3O3S2. The molecule has 1 aliphatic heterocycles. The average molecular weight is 438 g/mol. The second-order valence-corrected chi connectivity index (χ2v) is 8.76. The Labute approximate surface area is 183 Å². The Morgan fingerprint density at radius 1 is 1.13 bits per heavy atom. The Bertz CT molecular complexity index is 1250. The van der Waals surface area contributed by atoms with Gasteiger partial charge in [0.15, 0.2) is 0 Å². The molecule has 30 heavy (non-hydrogen) atoms. The molecule has 0 bridgehead atoms. The molecule has 3 heterocycles. The quantitative estimate of drug-likeness (QED) is 0.445. The smallest absolute Gasteiger partial charge is 0.269 e. The van der Waals surface area contributed by atoms with E-state index in [-0.39, 0.29) is 29.0 Å². The van der Waals surface area contributed by atoms with Gasteiger partial charge >= 0.3 is 0 Å². The summed E-state index contributed by atoms with van der Waals surface area (Å²) in [5.74, 6) is 0.474. The zero-order chi connectivity index (χ0) is 21.4. The first-order chi connectivity index (χ1) is 14.4. The standard InChI is InChI=1S/C22H19N3O3S2/c1-13(2)25-21(27)17(30-22(25)29)12-16-19(28-15-9-5-4-6-10-15)23-18-14(3)8-7-11-24(18)20(16)26/h4-13H,1-3H3. The number of thioether (sulfide) groups is 1. The lowest BCUT2D eigenvalue weighted by atomic mass is 10.2. The minimum Gasteiger partial charge on any atom is -0.438 e. The molecule has 4 rings (SSSR count). The van der Waals surface area contributed by atoms with Crippen LogP contribution < -0.4 is 10.3 Å². The van der Waals surface area contributed by atoms with Crippen molar-refractivity contribution in [1.82, 2.24) is 14.3 Å². The van der Waals surface area contributed by atoms with Crippen molar-refractivity contribution in [2.45, 2.75) is 26.8 Å². The van der Waals surface area contributed by atoms with Crippen LogP contribution in [0.4, 0.5) is 0 Å². The minimum absolute atomic E-state index is 0.0677. The molecule has 1 saturated heterocycles. The Morgan fingerprint density at radius 3 is 2.53 bits per heavy atom. The van der Waals surface area contributed by atoms with E-state index in [0.717, 1.165) is 5.56 Å². The molecule has 0 spiro atoms. The zero-order valence-corrected chi connectivity index (χ0v) is 18.3. The van der Waals surface area contributed by atoms with Crippen LogP contribution in [0.5, 0.6) is 11.6 Å². The van der Waals surface area contributed by atoms with Crippen LogP contribution >= 0.6 is 24.0 Å². The number of nitrogens with zero attached hydrogens (tertiary/aromatic N) is 3. The van der Waals surface area contributed by atoms with Crippen LogP contribution in [-0.4, -0.2) is 30.6 Å². The minimum atomic E-state index is -0.315. The number of aromatic nitrogens is 2. The SMILES string of the molecule is Cc1cccn2c(=O)c(C=C3SC(=S)N(C(C)C)C3=O)c(Oc3ccccc3)nc12. The van der Waals surface area contributed by atoms with Gasteiger partial charge in [0.05, 0.1) is 4.91 Å². The Morgan fingerprint density at radius 2 is 1.87 bits per heavy atom. The van der Waals surface area contributed by atoms with E-state index in [1.807, 2.05) is 45.0 Å². The van der Waals surface area contributed by atoms with Gasteiger partial charge in [0, 0.05) is 12.2 Å². The molecule has 3 aromatic rings. The third-order valence-electron chi connectivity index (χ3n) is 4.62. The molecule has 1 amide bonds. The van der Waals surface area contributed by atoms with Crippen molar-refractivity contribution in [3.05, 3.63) is 75.0 Å². The summed E-state index contributed by atoms with van der Waals surface area (Å²) in [6, 6.07) is 12.7. The summed E-state index contributed by atoms with van der Waals surface area (Å²) in [5, 5.41) is 0. The van der Waals surface area contributed by atoms with Gasteiger partial charge in [0.1, 0.15) is 21.3 Å². The van der Waals surface area contributed by atoms with Gasteiger partial charge in [-0.15, -0.1) is 0 Å². The Balaban J connectivity index is 1.91. The second kappa shape index (κ2) is 8.04. The van der Waals surface area contributed by atoms with Crippen molar-refractivity contribution in [2.24, 2.45) is 0 Å². The maximum absolute atomic E-state index is 13.3. The van der Waals surface area contributed by atoms with Gasteiger partial charge in [0.25, 0.3) is 11.5 Å². The van der Waals surface area contributed by atoms with Crippen molar-refractivity contribution in [3.63, 3.8) is 0 Å². The molecule has 0 N–H and O–H groups in total. The van der Waals surface area contributed by atoms with E-state index in [4.69, 9.17) is 17.0 Å². The molecule has 6 nitrogen and oxygen atoms in total. The van der Waals surface area contributed by atoms with Crippen LogP contribution in [0.2, 0.25) is 0 Å². The molecule has 1 aliphatic rings. The van der Waals surface area contributed by atoms with Gasteiger partial charge in [-0.05, 0) is 50.6 Å². The summed E-state index contributed by atoms with van der Waals surface area (Å²) < 4.78 is 7.89. The van der Waals surface area contributed by atoms with E-state index in [9.17, 15) is 9.59 Å². The predicted molar refractivity (Wildman–Crippen MR) is 123 cm³/mol. The van der Waals surface area contributed by atoms with Gasteiger partial charge in [-0.1, -0.05) is 48.2 Å². The summed E-state index contributed by atoms with van der Waals surface area (Å²) in [5.41, 5.74) is 1.22. The van der Waals surface area contributed by atoms with Crippen LogP contribution in [0.1, 0.15) is 25.0 Å². The lowest BCUT2D eigenvalue weighted by molar-refractivity contribution is -0.123. The monoisotopic (exact) mass is 437 g/mol. The lowest BCUT2D eigenvalue weighted by Gasteiger charge is -2.18. The summed E-state index contributed by atoms with van der Waals surface area (Å²) in [6.45, 7) is 5.67. The van der Waals surface area contributed by atoms with Crippen LogP contribution in [0, 0.1) is 6.92 Å². The fourth-order valence-corrected chi connectivity index (χ4v) is 4.66. The summed E-state index contributed by atoms with van der Waals surface area (Å²) in [4.78, 5) is 32.7. The molecule has 0 aliphatic carbocycles. The van der Waals surface area contributed by atoms with Crippen molar-refractivity contribution in [1.29, 1.82) is 0 Å². The maximum atomic E-state index is 13.3. The average Bonchev–Trinajstić information content (AvgIpc) is 2.99. The van der Waals surface area contributed by atoms with E-state index in [2.05, 4.69) is 4.98 Å². The predicted octanol–water partition coefficient (Wildman–Crippen LogP) is 4.40. The third-order valence-corrected chi connectivity index (χ3v) is 5.95. The molecule has 0 saturated carbocycles. The van der Waals surface area contributed by atoms with E-state index >= 15 is 0 Å². The van der Waals surface area contributed by atoms with E-state index < -0.39 is 0 Å². The molecule has 2 aromatic heterocycles. The molecule has 0 unspecified atom stereocenters. The highest BCUT2D eigenvalue weighted by molar-refractivity contribution is 8.26. The Hall–Kier alpha value is -2.97. The highest BCUT2D eigenvalue weighted by Gasteiger charge is 2.34. The van der Waals surface area contributed by atoms with Crippen molar-refractivity contribution >= 4 is 45.9 Å². The number of hydrogen-bond acceptors (Lipinski definition) is 6. The van der Waals surface area contributed by atoms with Crippen molar-refractivity contribution in [3.8, 4) is 11.6 Å². The zero-order valence-electron chi connectivity index (χ0n) is 16.7. The van der Waals surface area contributed by atoms with Gasteiger partial charge < -0.3 is 4.74 Å². The number of fused-ring (bicyclic) bond motifs is 1. The summed E-state index contributed by atoms with van der Waals surface area (Å²) in [6.07, 6.45) is 3.19. The number of rotatable bonds is 4. The highest BCUT2D eigenvalue weighted by atomic mass is 32.2. The number of amides is 1. The maximum Gasteiger partial charge on any atom is 0.269 e. The molecule has 0 atom stereocenters. The number of para-hydroxylation sites is 1. The van der Waals surface area contributed by atoms with Crippen molar-refractivity contribution < 1.29 is 9.53 Å². The van der Waals surface area contributed by atoms with E-state index in [1.54, 1.807) is 29.3 Å². The fraction of sp³-hybridized carbons (Fsp3) is 0.182. The first-order valence-corrected chi connectivity index (χ1v) is 10.6. The number of carbonyl (C=O) groups excluding carboxylic acids is 1. The van der Waals surface area contributed by atoms with E-state index in [0.29, 0.717) is 20.6 Å². The number of pyridine rings is 1. The van der Waals surface area contributed by atoms with Gasteiger partial charge in [-0.25, -0.2) is 0 Å². The first-order valence-electron chi connectivity index (χ1n) is 9.38. The van der Waals surface area contributed by atoms with E-state index in [1.165, 1.54) is 22.2 Å². The second-order valence-electron chi connectivity index (χ2n) is 7.08. The largest absolute Gasteiger partial charge is 0.438 e. The lowest BCUT2D eigenvalue weighted by Crippen LogP contribution is -2.34. The topological polar surface area (TPSA) is 63.9 Å². The molecular weight excluding hydrogens is 418 g/mol. The third kappa shape index (κ3) is 3.64. The van der Waals surface area contributed by atoms with Crippen LogP contribution in [0.15, 0.2) is 58.4 Å². The number of benzene rings is 1. The normalized spacial score (nSPS) is 15.6. The number of thiocarbonyl (C=S) groups is 1. The molecule has 1 aromatic carbocycles. The summed E-state index contributed by atoms with van der Waals surface area (Å²) in [7, 11) is 0. The Kier molecular flexibility index (Phi) is 5.44. The summed E-state index contributed by atoms with van der Waals surface area (Å²) >= 11 is 6.52.